The molecule has 0 bridgehead atoms. The first-order valence-corrected chi connectivity index (χ1v) is 11.2. The van der Waals surface area contributed by atoms with Gasteiger partial charge in [0.1, 0.15) is 5.75 Å². The van der Waals surface area contributed by atoms with Gasteiger partial charge in [0.05, 0.1) is 12.7 Å². The summed E-state index contributed by atoms with van der Waals surface area (Å²) in [5.74, 6) is 0.187. The number of methoxy groups -OCH3 is 1. The van der Waals surface area contributed by atoms with E-state index in [4.69, 9.17) is 9.84 Å². The molecule has 6 nitrogen and oxygen atoms in total. The van der Waals surface area contributed by atoms with E-state index in [-0.39, 0.29) is 24.0 Å². The smallest absolute Gasteiger partial charge is 0.335 e. The minimum atomic E-state index is -0.923. The van der Waals surface area contributed by atoms with Crippen molar-refractivity contribution in [2.24, 2.45) is 0 Å². The lowest BCUT2D eigenvalue weighted by Crippen LogP contribution is -2.23. The van der Waals surface area contributed by atoms with Crippen LogP contribution in [0.3, 0.4) is 0 Å². The molecule has 1 aliphatic rings. The Labute approximate surface area is 197 Å². The maximum absolute atomic E-state index is 11.7. The molecule has 1 atom stereocenters. The fourth-order valence-corrected chi connectivity index (χ4v) is 3.59. The molecule has 1 saturated heterocycles. The SMILES string of the molecule is C#C.CCCCCC(CO)c1ccc(N2CCCC2=O)cc1.COc1ccc(C(=O)O)cc1. The number of terminal acetylenes is 1. The molecule has 1 heterocycles. The van der Waals surface area contributed by atoms with Crippen LogP contribution in [0.25, 0.3) is 0 Å². The molecule has 0 aliphatic carbocycles. The number of carbonyl (C=O) groups excluding carboxylic acids is 1. The number of carboxylic acids is 1. The van der Waals surface area contributed by atoms with Crippen molar-refractivity contribution in [3.63, 3.8) is 0 Å². The summed E-state index contributed by atoms with van der Waals surface area (Å²) in [4.78, 5) is 23.9. The maximum Gasteiger partial charge on any atom is 0.335 e. The predicted octanol–water partition coefficient (Wildman–Crippen LogP) is 5.11. The summed E-state index contributed by atoms with van der Waals surface area (Å²) >= 11 is 0. The Bertz CT molecular complexity index is 858. The Morgan fingerprint density at radius 2 is 1.73 bits per heavy atom. The van der Waals surface area contributed by atoms with Gasteiger partial charge in [0.2, 0.25) is 5.91 Å². The first kappa shape index (κ1) is 27.7. The molecule has 2 aromatic carbocycles. The van der Waals surface area contributed by atoms with Crippen LogP contribution in [-0.4, -0.2) is 42.4 Å². The third-order valence-electron chi connectivity index (χ3n) is 5.46. The van der Waals surface area contributed by atoms with Crippen LogP contribution in [0.1, 0.15) is 67.3 Å². The number of hydrogen-bond donors (Lipinski definition) is 2. The molecule has 0 spiro atoms. The summed E-state index contributed by atoms with van der Waals surface area (Å²) in [7, 11) is 1.54. The Hall–Kier alpha value is -3.30. The number of aromatic carboxylic acids is 1. The fourth-order valence-electron chi connectivity index (χ4n) is 3.59. The highest BCUT2D eigenvalue weighted by Crippen LogP contribution is 2.26. The Morgan fingerprint density at radius 1 is 1.09 bits per heavy atom. The monoisotopic (exact) mass is 453 g/mol. The highest BCUT2D eigenvalue weighted by atomic mass is 16.5. The molecule has 6 heteroatoms. The number of ether oxygens (including phenoxy) is 1. The topological polar surface area (TPSA) is 87.1 Å². The highest BCUT2D eigenvalue weighted by molar-refractivity contribution is 5.95. The van der Waals surface area contributed by atoms with Gasteiger partial charge in [-0.05, 0) is 54.8 Å². The van der Waals surface area contributed by atoms with E-state index in [2.05, 4.69) is 31.9 Å². The van der Waals surface area contributed by atoms with Crippen molar-refractivity contribution in [3.05, 3.63) is 59.7 Å². The van der Waals surface area contributed by atoms with Crippen molar-refractivity contribution in [3.8, 4) is 18.6 Å². The van der Waals surface area contributed by atoms with Crippen LogP contribution in [0.5, 0.6) is 5.75 Å². The molecular weight excluding hydrogens is 418 g/mol. The van der Waals surface area contributed by atoms with Crippen molar-refractivity contribution in [1.29, 1.82) is 0 Å². The van der Waals surface area contributed by atoms with E-state index in [1.165, 1.54) is 37.6 Å². The van der Waals surface area contributed by atoms with Gasteiger partial charge in [-0.1, -0.05) is 38.3 Å². The normalized spacial score (nSPS) is 13.2. The second-order valence-corrected chi connectivity index (χ2v) is 7.65. The molecule has 0 aromatic heterocycles. The summed E-state index contributed by atoms with van der Waals surface area (Å²) in [5, 5.41) is 18.0. The maximum atomic E-state index is 11.7. The van der Waals surface area contributed by atoms with E-state index in [1.54, 1.807) is 12.1 Å². The van der Waals surface area contributed by atoms with Crippen LogP contribution in [0.15, 0.2) is 48.5 Å². The van der Waals surface area contributed by atoms with Gasteiger partial charge in [0, 0.05) is 31.2 Å². The number of amides is 1. The van der Waals surface area contributed by atoms with E-state index >= 15 is 0 Å². The summed E-state index contributed by atoms with van der Waals surface area (Å²) in [6.45, 7) is 3.22. The van der Waals surface area contributed by atoms with Gasteiger partial charge in [-0.2, -0.15) is 0 Å². The van der Waals surface area contributed by atoms with Crippen molar-refractivity contribution in [1.82, 2.24) is 0 Å². The second-order valence-electron chi connectivity index (χ2n) is 7.65. The lowest BCUT2D eigenvalue weighted by Gasteiger charge is -2.18. The van der Waals surface area contributed by atoms with Crippen LogP contribution < -0.4 is 9.64 Å². The minimum Gasteiger partial charge on any atom is -0.497 e. The summed E-state index contributed by atoms with van der Waals surface area (Å²) < 4.78 is 4.86. The predicted molar refractivity (Wildman–Crippen MR) is 132 cm³/mol. The van der Waals surface area contributed by atoms with Crippen molar-refractivity contribution < 1.29 is 24.5 Å². The van der Waals surface area contributed by atoms with Gasteiger partial charge < -0.3 is 19.8 Å². The lowest BCUT2D eigenvalue weighted by atomic mass is 9.94. The molecule has 2 aromatic rings. The number of carboxylic acid groups (broad SMARTS) is 1. The van der Waals surface area contributed by atoms with Gasteiger partial charge in [-0.3, -0.25) is 4.79 Å². The molecule has 33 heavy (non-hydrogen) atoms. The van der Waals surface area contributed by atoms with Gasteiger partial charge in [-0.15, -0.1) is 12.8 Å². The van der Waals surface area contributed by atoms with Crippen molar-refractivity contribution in [2.75, 3.05) is 25.2 Å². The largest absolute Gasteiger partial charge is 0.497 e. The van der Waals surface area contributed by atoms with Crippen LogP contribution in [-0.2, 0) is 4.79 Å². The molecular formula is C27H35NO5. The molecule has 3 rings (SSSR count). The molecule has 0 radical (unpaired) electrons. The average molecular weight is 454 g/mol. The summed E-state index contributed by atoms with van der Waals surface area (Å²) in [5.41, 5.74) is 2.44. The molecule has 2 N–H and O–H groups in total. The second kappa shape index (κ2) is 15.5. The number of carbonyl (C=O) groups is 2. The lowest BCUT2D eigenvalue weighted by molar-refractivity contribution is -0.117. The van der Waals surface area contributed by atoms with Crippen LogP contribution >= 0.6 is 0 Å². The Kier molecular flexibility index (Phi) is 13.0. The number of unbranched alkanes of at least 4 members (excludes halogenated alkanes) is 2. The number of rotatable bonds is 9. The number of aliphatic hydroxyl groups excluding tert-OH is 1. The van der Waals surface area contributed by atoms with Gasteiger partial charge in [0.25, 0.3) is 0 Å². The number of benzene rings is 2. The van der Waals surface area contributed by atoms with E-state index < -0.39 is 5.97 Å². The van der Waals surface area contributed by atoms with Gasteiger partial charge in [-0.25, -0.2) is 4.79 Å². The third-order valence-corrected chi connectivity index (χ3v) is 5.46. The first-order chi connectivity index (χ1) is 16.0. The summed E-state index contributed by atoms with van der Waals surface area (Å²) in [6.07, 6.45) is 14.2. The Morgan fingerprint density at radius 3 is 2.18 bits per heavy atom. The molecule has 1 amide bonds. The quantitative estimate of drug-likeness (QED) is 0.407. The van der Waals surface area contributed by atoms with E-state index in [0.717, 1.165) is 31.5 Å². The molecule has 1 unspecified atom stereocenters. The van der Waals surface area contributed by atoms with Gasteiger partial charge in [0.15, 0.2) is 0 Å². The fraction of sp³-hybridized carbons (Fsp3) is 0.407. The van der Waals surface area contributed by atoms with Crippen LogP contribution in [0, 0.1) is 12.8 Å². The van der Waals surface area contributed by atoms with Crippen LogP contribution in [0.2, 0.25) is 0 Å². The minimum absolute atomic E-state index is 0.200. The molecule has 0 saturated carbocycles. The number of anilines is 1. The summed E-state index contributed by atoms with van der Waals surface area (Å²) in [6, 6.07) is 14.4. The molecule has 178 valence electrons. The van der Waals surface area contributed by atoms with Crippen LogP contribution in [0.4, 0.5) is 5.69 Å². The number of hydrogen-bond acceptors (Lipinski definition) is 4. The zero-order chi connectivity index (χ0) is 24.6. The van der Waals surface area contributed by atoms with Gasteiger partial charge >= 0.3 is 5.97 Å². The highest BCUT2D eigenvalue weighted by Gasteiger charge is 2.21. The standard InChI is InChI=1S/C17H25NO2.C8H8O3.C2H2/c1-2-3-4-6-15(13-19)14-8-10-16(11-9-14)18-12-5-7-17(18)20;1-11-7-4-2-6(3-5-7)8(9)10;1-2/h8-11,15,19H,2-7,12-13H2,1H3;2-5H,1H3,(H,9,10);1-2H. The van der Waals surface area contributed by atoms with Crippen molar-refractivity contribution >= 4 is 17.6 Å². The van der Waals surface area contributed by atoms with Crippen molar-refractivity contribution in [2.45, 2.75) is 51.4 Å². The first-order valence-electron chi connectivity index (χ1n) is 11.2. The van der Waals surface area contributed by atoms with E-state index in [9.17, 15) is 14.7 Å². The Balaban J connectivity index is 0.000000354. The molecule has 1 fully saturated rings. The number of aliphatic hydroxyl groups is 1. The number of nitrogens with zero attached hydrogens (tertiary/aromatic N) is 1. The van der Waals surface area contributed by atoms with E-state index in [1.807, 2.05) is 17.0 Å². The molecule has 1 aliphatic heterocycles. The third kappa shape index (κ3) is 8.99. The van der Waals surface area contributed by atoms with E-state index in [0.29, 0.717) is 12.2 Å². The average Bonchev–Trinajstić information content (AvgIpc) is 3.29. The zero-order valence-corrected chi connectivity index (χ0v) is 19.6. The zero-order valence-electron chi connectivity index (χ0n) is 19.6.